The number of aromatic nitrogens is 1. The number of carbonyl (C=O) groups is 1. The first-order chi connectivity index (χ1) is 14.5. The summed E-state index contributed by atoms with van der Waals surface area (Å²) in [5, 5.41) is 18.4. The smallest absolute Gasteiger partial charge is 0.295 e. The van der Waals surface area contributed by atoms with Gasteiger partial charge >= 0.3 is 0 Å². The number of halogens is 2. The van der Waals surface area contributed by atoms with E-state index in [1.807, 2.05) is 0 Å². The minimum atomic E-state index is -0.592. The van der Waals surface area contributed by atoms with Gasteiger partial charge in [0.2, 0.25) is 5.88 Å². The first-order valence-electron chi connectivity index (χ1n) is 8.93. The van der Waals surface area contributed by atoms with Gasteiger partial charge in [-0.2, -0.15) is 0 Å². The van der Waals surface area contributed by atoms with E-state index in [2.05, 4.69) is 15.2 Å². The van der Waals surface area contributed by atoms with E-state index in [1.165, 1.54) is 18.2 Å². The molecule has 0 aliphatic rings. The number of aromatic hydroxyl groups is 1. The molecule has 0 aliphatic heterocycles. The number of H-pyrrole nitrogens is 1. The average Bonchev–Trinajstić information content (AvgIpc) is 3.06. The molecule has 2 N–H and O–H groups in total. The molecule has 0 aliphatic carbocycles. The number of benzene rings is 3. The number of nitrogens with zero attached hydrogens (tertiary/aromatic N) is 2. The molecule has 1 amide bonds. The summed E-state index contributed by atoms with van der Waals surface area (Å²) in [5.74, 6) is -0.684. The van der Waals surface area contributed by atoms with Crippen molar-refractivity contribution in [3.63, 3.8) is 0 Å². The predicted molar refractivity (Wildman–Crippen MR) is 111 cm³/mol. The molecule has 3 aromatic carbocycles. The lowest BCUT2D eigenvalue weighted by Gasteiger charge is -2.06. The Morgan fingerprint density at radius 1 is 1.07 bits per heavy atom. The quantitative estimate of drug-likeness (QED) is 0.376. The number of nitrogens with one attached hydrogen (secondary N) is 1. The van der Waals surface area contributed by atoms with E-state index < -0.39 is 11.7 Å². The van der Waals surface area contributed by atoms with E-state index in [0.29, 0.717) is 33.8 Å². The molecule has 0 saturated heterocycles. The highest BCUT2D eigenvalue weighted by Gasteiger charge is 2.12. The van der Waals surface area contributed by atoms with Crippen molar-refractivity contribution in [2.75, 3.05) is 0 Å². The third-order valence-electron chi connectivity index (χ3n) is 4.37. The zero-order chi connectivity index (χ0) is 21.1. The van der Waals surface area contributed by atoms with Crippen LogP contribution in [0.25, 0.3) is 10.9 Å². The Morgan fingerprint density at radius 2 is 1.80 bits per heavy atom. The van der Waals surface area contributed by atoms with Crippen LogP contribution in [0.1, 0.15) is 15.9 Å². The molecular weight excluding hydrogens is 409 g/mol. The van der Waals surface area contributed by atoms with Crippen LogP contribution in [-0.2, 0) is 6.61 Å². The first kappa shape index (κ1) is 19.6. The van der Waals surface area contributed by atoms with Gasteiger partial charge in [-0.15, -0.1) is 10.2 Å². The summed E-state index contributed by atoms with van der Waals surface area (Å²) in [5.41, 5.74) is 1.67. The van der Waals surface area contributed by atoms with Gasteiger partial charge in [-0.3, -0.25) is 4.79 Å². The van der Waals surface area contributed by atoms with Crippen molar-refractivity contribution in [2.45, 2.75) is 6.61 Å². The molecule has 0 radical (unpaired) electrons. The molecular formula is C22H15ClFN3O3. The van der Waals surface area contributed by atoms with Crippen LogP contribution < -0.4 is 4.74 Å². The number of hydrogen-bond donors (Lipinski definition) is 2. The van der Waals surface area contributed by atoms with Gasteiger partial charge in [0.1, 0.15) is 18.2 Å². The van der Waals surface area contributed by atoms with Gasteiger partial charge in [-0.25, -0.2) is 4.39 Å². The molecule has 0 spiro atoms. The van der Waals surface area contributed by atoms with Crippen LogP contribution in [0.3, 0.4) is 0 Å². The molecule has 1 heterocycles. The Hall–Kier alpha value is -3.71. The number of amides is 1. The Bertz CT molecular complexity index is 1240. The van der Waals surface area contributed by atoms with Gasteiger partial charge in [0.25, 0.3) is 5.91 Å². The minimum absolute atomic E-state index is 0.00540. The third kappa shape index (κ3) is 4.31. The number of aromatic amines is 1. The van der Waals surface area contributed by atoms with Crippen LogP contribution >= 0.6 is 11.6 Å². The summed E-state index contributed by atoms with van der Waals surface area (Å²) in [7, 11) is 0. The van der Waals surface area contributed by atoms with Crippen molar-refractivity contribution < 1.29 is 19.0 Å². The zero-order valence-corrected chi connectivity index (χ0v) is 16.2. The first-order valence-corrected chi connectivity index (χ1v) is 9.31. The predicted octanol–water partition coefficient (Wildman–Crippen LogP) is 6.17. The highest BCUT2D eigenvalue weighted by molar-refractivity contribution is 6.30. The fourth-order valence-electron chi connectivity index (χ4n) is 2.83. The van der Waals surface area contributed by atoms with E-state index in [9.17, 15) is 14.3 Å². The molecule has 4 aromatic rings. The fourth-order valence-corrected chi connectivity index (χ4v) is 2.96. The van der Waals surface area contributed by atoms with E-state index in [0.717, 1.165) is 5.56 Å². The number of rotatable bonds is 5. The molecule has 1 aromatic heterocycles. The molecule has 0 atom stereocenters. The highest BCUT2D eigenvalue weighted by Crippen LogP contribution is 2.35. The summed E-state index contributed by atoms with van der Waals surface area (Å²) in [4.78, 5) is 15.0. The van der Waals surface area contributed by atoms with E-state index in [-0.39, 0.29) is 11.6 Å². The molecule has 30 heavy (non-hydrogen) atoms. The van der Waals surface area contributed by atoms with Crippen molar-refractivity contribution in [1.29, 1.82) is 0 Å². The molecule has 0 unspecified atom stereocenters. The van der Waals surface area contributed by atoms with Gasteiger partial charge in [0, 0.05) is 16.0 Å². The van der Waals surface area contributed by atoms with Crippen molar-refractivity contribution in [3.8, 4) is 11.6 Å². The Balaban J connectivity index is 1.44. The minimum Gasteiger partial charge on any atom is -0.493 e. The van der Waals surface area contributed by atoms with Crippen molar-refractivity contribution in [1.82, 2.24) is 4.98 Å². The second-order valence-corrected chi connectivity index (χ2v) is 6.89. The second kappa shape index (κ2) is 8.34. The van der Waals surface area contributed by atoms with Gasteiger partial charge in [0.15, 0.2) is 5.69 Å². The van der Waals surface area contributed by atoms with Crippen LogP contribution in [0.15, 0.2) is 77.0 Å². The number of fused-ring (bicyclic) bond motifs is 1. The van der Waals surface area contributed by atoms with E-state index in [1.54, 1.807) is 48.5 Å². The summed E-state index contributed by atoms with van der Waals surface area (Å²) in [6.07, 6.45) is 0. The third-order valence-corrected chi connectivity index (χ3v) is 4.63. The Morgan fingerprint density at radius 3 is 2.53 bits per heavy atom. The fraction of sp³-hybridized carbons (Fsp3) is 0.0455. The van der Waals surface area contributed by atoms with Crippen LogP contribution in [0.5, 0.6) is 11.6 Å². The molecule has 0 fully saturated rings. The van der Waals surface area contributed by atoms with Gasteiger partial charge in [-0.05, 0) is 60.2 Å². The Kier molecular flexibility index (Phi) is 5.45. The standard InChI is InChI=1S/C22H15ClFN3O3/c23-15-5-8-17(9-6-15)30-12-13-1-3-14(4-2-13)21(28)27-26-20-18-11-16(24)7-10-19(18)25-22(20)29/h1-11,25,29H,12H2. The molecule has 8 heteroatoms. The maximum absolute atomic E-state index is 13.5. The van der Waals surface area contributed by atoms with Gasteiger partial charge in [0.05, 0.1) is 5.52 Å². The van der Waals surface area contributed by atoms with E-state index >= 15 is 0 Å². The lowest BCUT2D eigenvalue weighted by Crippen LogP contribution is -1.98. The summed E-state index contributed by atoms with van der Waals surface area (Å²) < 4.78 is 19.1. The van der Waals surface area contributed by atoms with Crippen LogP contribution in [0, 0.1) is 5.82 Å². The average molecular weight is 424 g/mol. The summed E-state index contributed by atoms with van der Waals surface area (Å²) in [6, 6.07) is 17.7. The maximum Gasteiger partial charge on any atom is 0.295 e. The van der Waals surface area contributed by atoms with Gasteiger partial charge < -0.3 is 14.8 Å². The zero-order valence-electron chi connectivity index (χ0n) is 15.5. The maximum atomic E-state index is 13.5. The second-order valence-electron chi connectivity index (χ2n) is 6.46. The highest BCUT2D eigenvalue weighted by atomic mass is 35.5. The lowest BCUT2D eigenvalue weighted by molar-refractivity contribution is 0.0995. The van der Waals surface area contributed by atoms with Crippen molar-refractivity contribution in [3.05, 3.63) is 88.7 Å². The normalized spacial score (nSPS) is 11.3. The molecule has 150 valence electrons. The lowest BCUT2D eigenvalue weighted by atomic mass is 10.1. The number of ether oxygens (including phenoxy) is 1. The van der Waals surface area contributed by atoms with Gasteiger partial charge in [-0.1, -0.05) is 23.7 Å². The van der Waals surface area contributed by atoms with E-state index in [4.69, 9.17) is 16.3 Å². The van der Waals surface area contributed by atoms with Crippen molar-refractivity contribution >= 4 is 34.1 Å². The monoisotopic (exact) mass is 423 g/mol. The molecule has 0 bridgehead atoms. The molecule has 6 nitrogen and oxygen atoms in total. The molecule has 4 rings (SSSR count). The number of hydrogen-bond acceptors (Lipinski definition) is 4. The largest absolute Gasteiger partial charge is 0.493 e. The summed E-state index contributed by atoms with van der Waals surface area (Å²) >= 11 is 5.84. The topological polar surface area (TPSA) is 87.0 Å². The van der Waals surface area contributed by atoms with Crippen molar-refractivity contribution in [2.24, 2.45) is 10.2 Å². The summed E-state index contributed by atoms with van der Waals surface area (Å²) in [6.45, 7) is 0.326. The number of azo groups is 1. The van der Waals surface area contributed by atoms with Crippen LogP contribution in [0.4, 0.5) is 10.1 Å². The molecule has 0 saturated carbocycles. The number of carbonyl (C=O) groups excluding carboxylic acids is 1. The van der Waals surface area contributed by atoms with Crippen LogP contribution in [0.2, 0.25) is 5.02 Å². The SMILES string of the molecule is O=C(N=Nc1c(O)[nH]c2ccc(F)cc12)c1ccc(COc2ccc(Cl)cc2)cc1. The Labute approximate surface area is 175 Å². The van der Waals surface area contributed by atoms with Crippen LogP contribution in [-0.4, -0.2) is 16.0 Å².